The van der Waals surface area contributed by atoms with E-state index in [9.17, 15) is 10.2 Å². The maximum absolute atomic E-state index is 9.25. The summed E-state index contributed by atoms with van der Waals surface area (Å²) in [7, 11) is 0. The second-order valence-corrected chi connectivity index (χ2v) is 5.67. The van der Waals surface area contributed by atoms with E-state index in [1.165, 1.54) is 0 Å². The smallest absolute Gasteiger partial charge is 0.0781 e. The minimum absolute atomic E-state index is 0.184. The summed E-state index contributed by atoms with van der Waals surface area (Å²) < 4.78 is 0. The van der Waals surface area contributed by atoms with Crippen LogP contribution in [0.1, 0.15) is 25.5 Å². The third kappa shape index (κ3) is 3.50. The first-order chi connectivity index (χ1) is 8.34. The Hall–Kier alpha value is -0.0300. The van der Waals surface area contributed by atoms with E-state index in [2.05, 4.69) is 5.32 Å². The highest BCUT2D eigenvalue weighted by Gasteiger charge is 2.26. The van der Waals surface area contributed by atoms with Gasteiger partial charge in [0.2, 0.25) is 0 Å². The van der Waals surface area contributed by atoms with Gasteiger partial charge in [-0.25, -0.2) is 0 Å². The van der Waals surface area contributed by atoms with E-state index in [4.69, 9.17) is 34.8 Å². The molecule has 0 heterocycles. The Morgan fingerprint density at radius 1 is 1.17 bits per heavy atom. The number of hydrogen-bond donors (Lipinski definition) is 3. The Balaban J connectivity index is 2.98. The summed E-state index contributed by atoms with van der Waals surface area (Å²) in [4.78, 5) is 0. The highest BCUT2D eigenvalue weighted by molar-refractivity contribution is 6.48. The zero-order chi connectivity index (χ0) is 13.9. The lowest BCUT2D eigenvalue weighted by Gasteiger charge is -2.31. The van der Waals surface area contributed by atoms with Crippen LogP contribution in [-0.2, 0) is 0 Å². The second kappa shape index (κ2) is 6.42. The first-order valence-electron chi connectivity index (χ1n) is 5.47. The van der Waals surface area contributed by atoms with Crippen LogP contribution in [0.3, 0.4) is 0 Å². The number of aliphatic hydroxyl groups is 2. The monoisotopic (exact) mass is 311 g/mol. The molecule has 1 rings (SSSR count). The Bertz CT molecular complexity index is 422. The predicted molar refractivity (Wildman–Crippen MR) is 75.6 cm³/mol. The minimum Gasteiger partial charge on any atom is -0.394 e. The van der Waals surface area contributed by atoms with Crippen molar-refractivity contribution in [3.8, 4) is 0 Å². The van der Waals surface area contributed by atoms with E-state index in [1.54, 1.807) is 19.1 Å². The highest BCUT2D eigenvalue weighted by atomic mass is 35.5. The molecule has 18 heavy (non-hydrogen) atoms. The maximum Gasteiger partial charge on any atom is 0.0781 e. The van der Waals surface area contributed by atoms with Gasteiger partial charge in [-0.15, -0.1) is 0 Å². The van der Waals surface area contributed by atoms with Crippen molar-refractivity contribution in [2.75, 3.05) is 13.2 Å². The normalized spacial score (nSPS) is 13.7. The zero-order valence-corrected chi connectivity index (χ0v) is 12.4. The number of benzene rings is 1. The molecular formula is C12H16Cl3NO2. The van der Waals surface area contributed by atoms with Crippen LogP contribution in [-0.4, -0.2) is 29.0 Å². The van der Waals surface area contributed by atoms with Gasteiger partial charge in [-0.2, -0.15) is 0 Å². The molecular weight excluding hydrogens is 296 g/mol. The number of hydrogen-bond acceptors (Lipinski definition) is 3. The summed E-state index contributed by atoms with van der Waals surface area (Å²) in [6.45, 7) is 3.21. The standard InChI is InChI=1S/C12H16Cl3NO2/c1-7(16-12(2,5-17)6-18)8-3-4-9(13)11(15)10(8)14/h3-4,7,16-18H,5-6H2,1-2H3. The Kier molecular flexibility index (Phi) is 5.71. The number of nitrogens with one attached hydrogen (secondary N) is 1. The molecule has 0 spiro atoms. The van der Waals surface area contributed by atoms with Crippen molar-refractivity contribution >= 4 is 34.8 Å². The van der Waals surface area contributed by atoms with Gasteiger partial charge in [0.15, 0.2) is 0 Å². The van der Waals surface area contributed by atoms with Crippen LogP contribution in [0.4, 0.5) is 0 Å². The van der Waals surface area contributed by atoms with Gasteiger partial charge >= 0.3 is 0 Å². The molecule has 0 aromatic heterocycles. The van der Waals surface area contributed by atoms with Crippen LogP contribution in [0.5, 0.6) is 0 Å². The molecule has 102 valence electrons. The molecule has 6 heteroatoms. The third-order valence-corrected chi connectivity index (χ3v) is 4.10. The van der Waals surface area contributed by atoms with E-state index >= 15 is 0 Å². The lowest BCUT2D eigenvalue weighted by Crippen LogP contribution is -2.49. The average Bonchev–Trinajstić information content (AvgIpc) is 2.35. The van der Waals surface area contributed by atoms with E-state index in [-0.39, 0.29) is 19.3 Å². The summed E-state index contributed by atoms with van der Waals surface area (Å²) >= 11 is 18.0. The molecule has 1 aromatic carbocycles. The topological polar surface area (TPSA) is 52.5 Å². The largest absolute Gasteiger partial charge is 0.394 e. The van der Waals surface area contributed by atoms with Crippen molar-refractivity contribution < 1.29 is 10.2 Å². The van der Waals surface area contributed by atoms with Crippen molar-refractivity contribution in [3.63, 3.8) is 0 Å². The molecule has 0 radical (unpaired) electrons. The van der Waals surface area contributed by atoms with Crippen LogP contribution in [0.15, 0.2) is 12.1 Å². The molecule has 1 atom stereocenters. The van der Waals surface area contributed by atoms with Gasteiger partial charge in [0.1, 0.15) is 0 Å². The number of aliphatic hydroxyl groups excluding tert-OH is 2. The molecule has 0 bridgehead atoms. The highest BCUT2D eigenvalue weighted by Crippen LogP contribution is 2.35. The van der Waals surface area contributed by atoms with Crippen molar-refractivity contribution in [1.82, 2.24) is 5.32 Å². The number of rotatable bonds is 5. The molecule has 0 aliphatic heterocycles. The molecule has 0 fully saturated rings. The Morgan fingerprint density at radius 3 is 2.22 bits per heavy atom. The third-order valence-electron chi connectivity index (χ3n) is 2.79. The van der Waals surface area contributed by atoms with Gasteiger partial charge in [0, 0.05) is 6.04 Å². The first kappa shape index (κ1) is 16.0. The van der Waals surface area contributed by atoms with Gasteiger partial charge in [0.25, 0.3) is 0 Å². The van der Waals surface area contributed by atoms with Crippen molar-refractivity contribution in [2.24, 2.45) is 0 Å². The minimum atomic E-state index is -0.783. The van der Waals surface area contributed by atoms with E-state index in [1.807, 2.05) is 6.92 Å². The summed E-state index contributed by atoms with van der Waals surface area (Å²) in [5, 5.41) is 22.7. The van der Waals surface area contributed by atoms with Crippen LogP contribution in [0, 0.1) is 0 Å². The average molecular weight is 313 g/mol. The fourth-order valence-electron chi connectivity index (χ4n) is 1.62. The molecule has 0 aliphatic carbocycles. The summed E-state index contributed by atoms with van der Waals surface area (Å²) in [5.41, 5.74) is -0.0197. The lowest BCUT2D eigenvalue weighted by molar-refractivity contribution is 0.0958. The zero-order valence-electron chi connectivity index (χ0n) is 10.2. The molecule has 3 nitrogen and oxygen atoms in total. The second-order valence-electron chi connectivity index (χ2n) is 4.51. The Labute approximate surface area is 122 Å². The van der Waals surface area contributed by atoms with Crippen LogP contribution in [0.2, 0.25) is 15.1 Å². The Morgan fingerprint density at radius 2 is 1.72 bits per heavy atom. The van der Waals surface area contributed by atoms with E-state index in [0.29, 0.717) is 15.1 Å². The van der Waals surface area contributed by atoms with E-state index < -0.39 is 5.54 Å². The van der Waals surface area contributed by atoms with Crippen molar-refractivity contribution in [2.45, 2.75) is 25.4 Å². The molecule has 1 unspecified atom stereocenters. The van der Waals surface area contributed by atoms with Gasteiger partial charge in [-0.05, 0) is 25.5 Å². The lowest BCUT2D eigenvalue weighted by atomic mass is 10.0. The fraction of sp³-hybridized carbons (Fsp3) is 0.500. The SMILES string of the molecule is CC(NC(C)(CO)CO)c1ccc(Cl)c(Cl)c1Cl. The molecule has 0 saturated heterocycles. The molecule has 1 aromatic rings. The molecule has 0 saturated carbocycles. The van der Waals surface area contributed by atoms with Gasteiger partial charge in [0.05, 0.1) is 33.8 Å². The van der Waals surface area contributed by atoms with Crippen LogP contribution in [0.25, 0.3) is 0 Å². The van der Waals surface area contributed by atoms with Gasteiger partial charge in [-0.1, -0.05) is 40.9 Å². The number of halogens is 3. The first-order valence-corrected chi connectivity index (χ1v) is 6.61. The van der Waals surface area contributed by atoms with Crippen molar-refractivity contribution in [3.05, 3.63) is 32.8 Å². The van der Waals surface area contributed by atoms with E-state index in [0.717, 1.165) is 5.56 Å². The fourth-order valence-corrected chi connectivity index (χ4v) is 2.32. The molecule has 0 amide bonds. The summed E-state index contributed by atoms with van der Waals surface area (Å²) in [5.74, 6) is 0. The van der Waals surface area contributed by atoms with Crippen LogP contribution < -0.4 is 5.32 Å². The van der Waals surface area contributed by atoms with Crippen molar-refractivity contribution in [1.29, 1.82) is 0 Å². The predicted octanol–water partition coefficient (Wildman–Crippen LogP) is 3.04. The molecule has 0 aliphatic rings. The summed E-state index contributed by atoms with van der Waals surface area (Å²) in [6, 6.07) is 3.25. The molecule has 3 N–H and O–H groups in total. The van der Waals surface area contributed by atoms with Crippen LogP contribution >= 0.6 is 34.8 Å². The van der Waals surface area contributed by atoms with Gasteiger partial charge < -0.3 is 15.5 Å². The quantitative estimate of drug-likeness (QED) is 0.733. The van der Waals surface area contributed by atoms with Gasteiger partial charge in [-0.3, -0.25) is 0 Å². The summed E-state index contributed by atoms with van der Waals surface area (Å²) in [6.07, 6.45) is 0. The maximum atomic E-state index is 9.25.